The van der Waals surface area contributed by atoms with Gasteiger partial charge in [-0.15, -0.1) is 0 Å². The Kier molecular flexibility index (Phi) is 5.52. The molecular formula is C16H26N2O4S. The minimum atomic E-state index is -3.72. The first-order valence-corrected chi connectivity index (χ1v) is 9.59. The summed E-state index contributed by atoms with van der Waals surface area (Å²) in [5.41, 5.74) is 0. The van der Waals surface area contributed by atoms with E-state index in [1.807, 2.05) is 19.1 Å². The molecule has 0 spiro atoms. The average Bonchev–Trinajstić information content (AvgIpc) is 3.02. The number of aryl methyl sites for hydroxylation is 1. The third-order valence-electron chi connectivity index (χ3n) is 4.38. The van der Waals surface area contributed by atoms with E-state index < -0.39 is 21.2 Å². The van der Waals surface area contributed by atoms with E-state index in [-0.39, 0.29) is 6.04 Å². The van der Waals surface area contributed by atoms with Crippen LogP contribution in [0, 0.1) is 0 Å². The summed E-state index contributed by atoms with van der Waals surface area (Å²) in [6, 6.07) is 3.44. The number of rotatable bonds is 5. The summed E-state index contributed by atoms with van der Waals surface area (Å²) in [6.45, 7) is 3.89. The Bertz CT molecular complexity index is 651. The van der Waals surface area contributed by atoms with Gasteiger partial charge in [0.05, 0.1) is 6.04 Å². The fourth-order valence-electron chi connectivity index (χ4n) is 2.95. The van der Waals surface area contributed by atoms with Crippen molar-refractivity contribution in [3.8, 4) is 0 Å². The lowest BCUT2D eigenvalue weighted by Crippen LogP contribution is -2.47. The molecule has 23 heavy (non-hydrogen) atoms. The van der Waals surface area contributed by atoms with Crippen molar-refractivity contribution in [2.24, 2.45) is 0 Å². The van der Waals surface area contributed by atoms with Gasteiger partial charge in [0, 0.05) is 27.1 Å². The number of hydrogen-bond donors (Lipinski definition) is 0. The highest BCUT2D eigenvalue weighted by Crippen LogP contribution is 2.35. The van der Waals surface area contributed by atoms with Gasteiger partial charge >= 0.3 is 0 Å². The van der Waals surface area contributed by atoms with Gasteiger partial charge in [0.1, 0.15) is 11.5 Å². The zero-order chi connectivity index (χ0) is 17.2. The Morgan fingerprint density at radius 2 is 2.09 bits per heavy atom. The predicted molar refractivity (Wildman–Crippen MR) is 88.5 cm³/mol. The molecule has 6 nitrogen and oxygen atoms in total. The molecule has 0 N–H and O–H groups in total. The van der Waals surface area contributed by atoms with Crippen LogP contribution in [-0.4, -0.2) is 49.4 Å². The molecule has 1 aliphatic rings. The van der Waals surface area contributed by atoms with E-state index in [0.29, 0.717) is 12.3 Å². The summed E-state index contributed by atoms with van der Waals surface area (Å²) in [7, 11) is -0.576. The fourth-order valence-corrected chi connectivity index (χ4v) is 4.77. The van der Waals surface area contributed by atoms with Crippen molar-refractivity contribution in [2.75, 3.05) is 20.6 Å². The molecule has 0 saturated carbocycles. The lowest BCUT2D eigenvalue weighted by atomic mass is 10.0. The quantitative estimate of drug-likeness (QED) is 0.822. The summed E-state index contributed by atoms with van der Waals surface area (Å²) in [5.74, 6) is 1.12. The van der Waals surface area contributed by atoms with Gasteiger partial charge in [-0.1, -0.05) is 13.3 Å². The third kappa shape index (κ3) is 3.61. The lowest BCUT2D eigenvalue weighted by Gasteiger charge is -2.35. The molecule has 1 aliphatic heterocycles. The van der Waals surface area contributed by atoms with E-state index in [9.17, 15) is 13.2 Å². The van der Waals surface area contributed by atoms with Crippen LogP contribution in [0.15, 0.2) is 16.5 Å². The number of amides is 1. The Balaban J connectivity index is 2.31. The minimum Gasteiger partial charge on any atom is -0.464 e. The Morgan fingerprint density at radius 3 is 2.65 bits per heavy atom. The number of carbonyl (C=O) groups excluding carboxylic acids is 1. The highest BCUT2D eigenvalue weighted by Gasteiger charge is 2.41. The molecule has 1 amide bonds. The van der Waals surface area contributed by atoms with Gasteiger partial charge in [-0.25, -0.2) is 8.42 Å². The first-order valence-electron chi connectivity index (χ1n) is 8.09. The molecule has 2 rings (SSSR count). The number of piperidine rings is 1. The molecule has 2 atom stereocenters. The lowest BCUT2D eigenvalue weighted by molar-refractivity contribution is -0.128. The molecule has 0 aromatic carbocycles. The maximum Gasteiger partial charge on any atom is 0.241 e. The van der Waals surface area contributed by atoms with Gasteiger partial charge in [0.25, 0.3) is 0 Å². The molecule has 130 valence electrons. The van der Waals surface area contributed by atoms with E-state index in [4.69, 9.17) is 4.42 Å². The van der Waals surface area contributed by atoms with Crippen molar-refractivity contribution in [1.82, 2.24) is 9.21 Å². The average molecular weight is 342 g/mol. The first kappa shape index (κ1) is 18.0. The van der Waals surface area contributed by atoms with Crippen LogP contribution in [-0.2, 0) is 21.2 Å². The number of sulfonamides is 1. The normalized spacial score (nSPS) is 21.1. The summed E-state index contributed by atoms with van der Waals surface area (Å²) in [4.78, 5) is 13.4. The van der Waals surface area contributed by atoms with Crippen LogP contribution in [0.1, 0.15) is 50.7 Å². The second kappa shape index (κ2) is 7.05. The maximum absolute atomic E-state index is 12.9. The van der Waals surface area contributed by atoms with Crippen molar-refractivity contribution >= 4 is 15.9 Å². The zero-order valence-electron chi connectivity index (χ0n) is 14.3. The highest BCUT2D eigenvalue weighted by atomic mass is 32.2. The van der Waals surface area contributed by atoms with E-state index >= 15 is 0 Å². The van der Waals surface area contributed by atoms with Crippen LogP contribution >= 0.6 is 0 Å². The highest BCUT2D eigenvalue weighted by molar-refractivity contribution is 7.90. The van der Waals surface area contributed by atoms with Crippen molar-refractivity contribution < 1.29 is 17.6 Å². The summed E-state index contributed by atoms with van der Waals surface area (Å²) >= 11 is 0. The first-order chi connectivity index (χ1) is 10.8. The predicted octanol–water partition coefficient (Wildman–Crippen LogP) is 2.18. The van der Waals surface area contributed by atoms with Crippen LogP contribution in [0.2, 0.25) is 0 Å². The van der Waals surface area contributed by atoms with Crippen molar-refractivity contribution in [2.45, 2.75) is 50.8 Å². The topological polar surface area (TPSA) is 70.8 Å². The van der Waals surface area contributed by atoms with E-state index in [1.54, 1.807) is 14.1 Å². The van der Waals surface area contributed by atoms with E-state index in [1.165, 1.54) is 16.1 Å². The van der Waals surface area contributed by atoms with Gasteiger partial charge < -0.3 is 9.32 Å². The van der Waals surface area contributed by atoms with Crippen LogP contribution < -0.4 is 0 Å². The molecule has 1 fully saturated rings. The van der Waals surface area contributed by atoms with Gasteiger partial charge in [-0.3, -0.25) is 4.79 Å². The van der Waals surface area contributed by atoms with Crippen LogP contribution in [0.4, 0.5) is 0 Å². The van der Waals surface area contributed by atoms with Gasteiger partial charge in [0.2, 0.25) is 15.9 Å². The van der Waals surface area contributed by atoms with Gasteiger partial charge in [0.15, 0.2) is 5.25 Å². The SMILES string of the molecule is CCc1ccc([C@@H]2CCCCN2S(=O)(=O)[C@H](C)C(=O)N(C)C)o1. The van der Waals surface area contributed by atoms with E-state index in [0.717, 1.165) is 31.4 Å². The van der Waals surface area contributed by atoms with Crippen LogP contribution in [0.5, 0.6) is 0 Å². The maximum atomic E-state index is 12.9. The van der Waals surface area contributed by atoms with Gasteiger partial charge in [-0.2, -0.15) is 4.31 Å². The molecule has 1 aromatic heterocycles. The summed E-state index contributed by atoms with van der Waals surface area (Å²) < 4.78 is 33.1. The van der Waals surface area contributed by atoms with E-state index in [2.05, 4.69) is 0 Å². The number of nitrogens with zero attached hydrogens (tertiary/aromatic N) is 2. The molecule has 2 heterocycles. The van der Waals surface area contributed by atoms with Crippen LogP contribution in [0.3, 0.4) is 0 Å². The molecule has 0 radical (unpaired) electrons. The Labute approximate surface area is 138 Å². The second-order valence-corrected chi connectivity index (χ2v) is 8.41. The Hall–Kier alpha value is -1.34. The Morgan fingerprint density at radius 1 is 1.39 bits per heavy atom. The molecule has 1 aromatic rings. The smallest absolute Gasteiger partial charge is 0.241 e. The molecule has 0 bridgehead atoms. The summed E-state index contributed by atoms with van der Waals surface area (Å²) in [5, 5.41) is -1.08. The number of carbonyl (C=O) groups is 1. The molecule has 7 heteroatoms. The van der Waals surface area contributed by atoms with Crippen LogP contribution in [0.25, 0.3) is 0 Å². The second-order valence-electron chi connectivity index (χ2n) is 6.20. The molecule has 0 aliphatic carbocycles. The van der Waals surface area contributed by atoms with Gasteiger partial charge in [-0.05, 0) is 31.9 Å². The monoisotopic (exact) mass is 342 g/mol. The summed E-state index contributed by atoms with van der Waals surface area (Å²) in [6.07, 6.45) is 3.25. The number of furan rings is 1. The molecule has 1 saturated heterocycles. The largest absolute Gasteiger partial charge is 0.464 e. The standard InChI is InChI=1S/C16H26N2O4S/c1-5-13-9-10-15(22-13)14-8-6-7-11-18(14)23(20,21)12(2)16(19)17(3)4/h9-10,12,14H,5-8,11H2,1-4H3/t12-,14+/m1/s1. The van der Waals surface area contributed by atoms with Crippen molar-refractivity contribution in [3.63, 3.8) is 0 Å². The minimum absolute atomic E-state index is 0.313. The van der Waals surface area contributed by atoms with Crippen molar-refractivity contribution in [1.29, 1.82) is 0 Å². The molecule has 0 unspecified atom stereocenters. The zero-order valence-corrected chi connectivity index (χ0v) is 15.1. The third-order valence-corrected chi connectivity index (χ3v) is 6.56. The molecular weight excluding hydrogens is 316 g/mol. The number of hydrogen-bond acceptors (Lipinski definition) is 4. The van der Waals surface area contributed by atoms with Crippen molar-refractivity contribution in [3.05, 3.63) is 23.7 Å². The fraction of sp³-hybridized carbons (Fsp3) is 0.688.